The molecule has 26 heavy (non-hydrogen) atoms. The first kappa shape index (κ1) is 18.6. The molecule has 1 aromatic rings. The molecule has 1 unspecified atom stereocenters. The van der Waals surface area contributed by atoms with E-state index >= 15 is 0 Å². The van der Waals surface area contributed by atoms with Crippen LogP contribution >= 0.6 is 0 Å². The van der Waals surface area contributed by atoms with E-state index in [-0.39, 0.29) is 25.1 Å². The van der Waals surface area contributed by atoms with Crippen LogP contribution in [-0.2, 0) is 11.2 Å². The van der Waals surface area contributed by atoms with Crippen LogP contribution in [0.4, 0.5) is 13.6 Å². The Balaban J connectivity index is 1.50. The number of nitrogens with zero attached hydrogens (tertiary/aromatic N) is 2. The number of carbonyl (C=O) groups is 2. The predicted octanol–water partition coefficient (Wildman–Crippen LogP) is 1.75. The summed E-state index contributed by atoms with van der Waals surface area (Å²) in [5.41, 5.74) is 1.75. The van der Waals surface area contributed by atoms with Crippen LogP contribution < -0.4 is 5.32 Å². The van der Waals surface area contributed by atoms with Crippen molar-refractivity contribution in [1.82, 2.24) is 15.1 Å². The quantitative estimate of drug-likeness (QED) is 0.863. The molecule has 0 bridgehead atoms. The van der Waals surface area contributed by atoms with E-state index in [1.807, 2.05) is 24.3 Å². The van der Waals surface area contributed by atoms with Crippen molar-refractivity contribution in [3.8, 4) is 0 Å². The molecule has 142 valence electrons. The fourth-order valence-corrected chi connectivity index (χ4v) is 3.41. The second-order valence-electron chi connectivity index (χ2n) is 6.48. The van der Waals surface area contributed by atoms with Crippen molar-refractivity contribution >= 4 is 11.9 Å². The van der Waals surface area contributed by atoms with Gasteiger partial charge >= 0.3 is 6.03 Å². The Bertz CT molecular complexity index is 656. The average molecular weight is 367 g/mol. The largest absolute Gasteiger partial charge is 0.377 e. The summed E-state index contributed by atoms with van der Waals surface area (Å²) in [6, 6.07) is 6.51. The van der Waals surface area contributed by atoms with Gasteiger partial charge in [0.2, 0.25) is 6.43 Å². The standard InChI is InChI=1S/C18H23F2N3O3/c19-16(20)11-14-12-26-10-9-23(14)18(25)21-6-8-22-7-5-13-3-1-2-4-15(13)17(22)24/h1-4,14,16H,5-12H2,(H,21,25). The molecular formula is C18H23F2N3O3. The average Bonchev–Trinajstić information content (AvgIpc) is 2.63. The molecule has 1 fully saturated rings. The van der Waals surface area contributed by atoms with Crippen molar-refractivity contribution in [2.24, 2.45) is 0 Å². The van der Waals surface area contributed by atoms with Crippen molar-refractivity contribution < 1.29 is 23.1 Å². The van der Waals surface area contributed by atoms with Crippen LogP contribution in [-0.4, -0.2) is 73.6 Å². The van der Waals surface area contributed by atoms with Crippen molar-refractivity contribution in [2.45, 2.75) is 25.3 Å². The van der Waals surface area contributed by atoms with Crippen LogP contribution in [0.3, 0.4) is 0 Å². The summed E-state index contributed by atoms with van der Waals surface area (Å²) in [5, 5.41) is 2.74. The van der Waals surface area contributed by atoms with Gasteiger partial charge in [0.05, 0.1) is 19.3 Å². The van der Waals surface area contributed by atoms with Crippen molar-refractivity contribution in [3.05, 3.63) is 35.4 Å². The van der Waals surface area contributed by atoms with E-state index < -0.39 is 18.9 Å². The smallest absolute Gasteiger partial charge is 0.317 e. The van der Waals surface area contributed by atoms with Crippen molar-refractivity contribution in [3.63, 3.8) is 0 Å². The summed E-state index contributed by atoms with van der Waals surface area (Å²) in [5.74, 6) is -0.0388. The molecule has 1 atom stereocenters. The topological polar surface area (TPSA) is 61.9 Å². The molecular weight excluding hydrogens is 344 g/mol. The lowest BCUT2D eigenvalue weighted by Crippen LogP contribution is -2.54. The van der Waals surface area contributed by atoms with E-state index in [2.05, 4.69) is 5.32 Å². The first-order valence-electron chi connectivity index (χ1n) is 8.84. The summed E-state index contributed by atoms with van der Waals surface area (Å²) in [6.07, 6.45) is -2.09. The minimum Gasteiger partial charge on any atom is -0.377 e. The maximum Gasteiger partial charge on any atom is 0.317 e. The molecule has 8 heteroatoms. The molecule has 0 aromatic heterocycles. The lowest BCUT2D eigenvalue weighted by atomic mass is 9.99. The zero-order valence-electron chi connectivity index (χ0n) is 14.5. The third-order valence-electron chi connectivity index (χ3n) is 4.78. The molecule has 0 spiro atoms. The normalized spacial score (nSPS) is 20.3. The second-order valence-corrected chi connectivity index (χ2v) is 6.48. The molecule has 3 rings (SSSR count). The number of nitrogens with one attached hydrogen (secondary N) is 1. The molecule has 6 nitrogen and oxygen atoms in total. The predicted molar refractivity (Wildman–Crippen MR) is 91.4 cm³/mol. The van der Waals surface area contributed by atoms with Crippen LogP contribution in [0.1, 0.15) is 22.3 Å². The third kappa shape index (κ3) is 4.30. The van der Waals surface area contributed by atoms with Crippen LogP contribution in [0.5, 0.6) is 0 Å². The molecule has 0 saturated carbocycles. The van der Waals surface area contributed by atoms with Gasteiger partial charge in [-0.05, 0) is 18.1 Å². The first-order valence-corrected chi connectivity index (χ1v) is 8.84. The van der Waals surface area contributed by atoms with Gasteiger partial charge < -0.3 is 19.9 Å². The van der Waals surface area contributed by atoms with Gasteiger partial charge in [0.25, 0.3) is 5.91 Å². The Morgan fingerprint density at radius 2 is 2.12 bits per heavy atom. The lowest BCUT2D eigenvalue weighted by molar-refractivity contribution is -0.0122. The third-order valence-corrected chi connectivity index (χ3v) is 4.78. The van der Waals surface area contributed by atoms with Gasteiger partial charge in [0.1, 0.15) is 0 Å². The number of amides is 3. The Morgan fingerprint density at radius 1 is 1.31 bits per heavy atom. The van der Waals surface area contributed by atoms with Crippen molar-refractivity contribution in [2.75, 3.05) is 39.4 Å². The zero-order valence-corrected chi connectivity index (χ0v) is 14.5. The van der Waals surface area contributed by atoms with Crippen LogP contribution in [0.2, 0.25) is 0 Å². The van der Waals surface area contributed by atoms with Crippen LogP contribution in [0.25, 0.3) is 0 Å². The van der Waals surface area contributed by atoms with Gasteiger partial charge in [-0.2, -0.15) is 0 Å². The number of halogens is 2. The molecule has 3 amide bonds. The molecule has 0 radical (unpaired) electrons. The number of fused-ring (bicyclic) bond motifs is 1. The molecule has 2 heterocycles. The Kier molecular flexibility index (Phi) is 6.03. The maximum atomic E-state index is 12.7. The van der Waals surface area contributed by atoms with E-state index in [0.29, 0.717) is 31.8 Å². The fraction of sp³-hybridized carbons (Fsp3) is 0.556. The molecule has 1 saturated heterocycles. The number of morpholine rings is 1. The van der Waals surface area contributed by atoms with Crippen LogP contribution in [0.15, 0.2) is 24.3 Å². The summed E-state index contributed by atoms with van der Waals surface area (Å²) in [4.78, 5) is 27.9. The summed E-state index contributed by atoms with van der Waals surface area (Å²) < 4.78 is 30.5. The summed E-state index contributed by atoms with van der Waals surface area (Å²) in [7, 11) is 0. The summed E-state index contributed by atoms with van der Waals surface area (Å²) >= 11 is 0. The van der Waals surface area contributed by atoms with Gasteiger partial charge in [-0.3, -0.25) is 4.79 Å². The Labute approximate surface area is 151 Å². The molecule has 0 aliphatic carbocycles. The highest BCUT2D eigenvalue weighted by molar-refractivity contribution is 5.96. The lowest BCUT2D eigenvalue weighted by Gasteiger charge is -2.35. The van der Waals surface area contributed by atoms with Crippen LogP contribution in [0, 0.1) is 0 Å². The number of carbonyl (C=O) groups excluding carboxylic acids is 2. The van der Waals surface area contributed by atoms with E-state index in [1.54, 1.807) is 4.90 Å². The molecule has 2 aliphatic heterocycles. The SMILES string of the molecule is O=C1c2ccccc2CCN1CCNC(=O)N1CCOCC1CC(F)F. The van der Waals surface area contributed by atoms with Gasteiger partial charge in [0.15, 0.2) is 0 Å². The van der Waals surface area contributed by atoms with E-state index in [9.17, 15) is 18.4 Å². The second kappa shape index (κ2) is 8.44. The highest BCUT2D eigenvalue weighted by Gasteiger charge is 2.30. The summed E-state index contributed by atoms with van der Waals surface area (Å²) in [6.45, 7) is 2.04. The minimum atomic E-state index is -2.48. The van der Waals surface area contributed by atoms with Gasteiger partial charge in [-0.1, -0.05) is 18.2 Å². The first-order chi connectivity index (χ1) is 12.6. The number of urea groups is 1. The number of alkyl halides is 2. The molecule has 1 aromatic carbocycles. The zero-order chi connectivity index (χ0) is 18.5. The van der Waals surface area contributed by atoms with E-state index in [4.69, 9.17) is 4.74 Å². The van der Waals surface area contributed by atoms with Crippen molar-refractivity contribution in [1.29, 1.82) is 0 Å². The van der Waals surface area contributed by atoms with Gasteiger partial charge in [0, 0.05) is 38.2 Å². The highest BCUT2D eigenvalue weighted by atomic mass is 19.3. The van der Waals surface area contributed by atoms with E-state index in [0.717, 1.165) is 12.0 Å². The number of benzene rings is 1. The van der Waals surface area contributed by atoms with E-state index in [1.165, 1.54) is 4.90 Å². The number of ether oxygens (including phenoxy) is 1. The Morgan fingerprint density at radius 3 is 2.92 bits per heavy atom. The van der Waals surface area contributed by atoms with Gasteiger partial charge in [-0.25, -0.2) is 13.6 Å². The molecule has 1 N–H and O–H groups in total. The minimum absolute atomic E-state index is 0.0388. The fourth-order valence-electron chi connectivity index (χ4n) is 3.41. The number of rotatable bonds is 5. The highest BCUT2D eigenvalue weighted by Crippen LogP contribution is 2.18. The number of hydrogen-bond donors (Lipinski definition) is 1. The molecule has 2 aliphatic rings. The monoisotopic (exact) mass is 367 g/mol. The Hall–Kier alpha value is -2.22. The number of hydrogen-bond acceptors (Lipinski definition) is 3. The van der Waals surface area contributed by atoms with Gasteiger partial charge in [-0.15, -0.1) is 0 Å². The maximum absolute atomic E-state index is 12.7.